The molecule has 1 amide bonds. The van der Waals surface area contributed by atoms with Gasteiger partial charge in [-0.15, -0.1) is 24.2 Å². The van der Waals surface area contributed by atoms with Gasteiger partial charge >= 0.3 is 6.09 Å². The number of carbonyl (C=O) groups is 1. The summed E-state index contributed by atoms with van der Waals surface area (Å²) >= 11 is 1.92. The Morgan fingerprint density at radius 2 is 1.89 bits per heavy atom. The van der Waals surface area contributed by atoms with Crippen LogP contribution in [-0.4, -0.2) is 62.6 Å². The van der Waals surface area contributed by atoms with E-state index in [2.05, 4.69) is 46.3 Å². The van der Waals surface area contributed by atoms with Gasteiger partial charge in [0.15, 0.2) is 0 Å². The van der Waals surface area contributed by atoms with Crippen LogP contribution in [0.15, 0.2) is 29.2 Å². The fourth-order valence-electron chi connectivity index (χ4n) is 3.11. The molecule has 2 rings (SSSR count). The first-order valence-electron chi connectivity index (χ1n) is 9.84. The number of hydrogen-bond acceptors (Lipinski definition) is 5. The lowest BCUT2D eigenvalue weighted by atomic mass is 10.2. The Balaban J connectivity index is 0.00000364. The van der Waals surface area contributed by atoms with Crippen molar-refractivity contribution in [3.8, 4) is 0 Å². The van der Waals surface area contributed by atoms with Gasteiger partial charge in [0.05, 0.1) is 12.3 Å². The number of rotatable bonds is 10. The zero-order valence-electron chi connectivity index (χ0n) is 16.6. The molecule has 1 aromatic rings. The monoisotopic (exact) mass is 415 g/mol. The van der Waals surface area contributed by atoms with Crippen LogP contribution in [0.2, 0.25) is 0 Å². The van der Waals surface area contributed by atoms with E-state index in [1.807, 2.05) is 18.7 Å². The van der Waals surface area contributed by atoms with Crippen molar-refractivity contribution >= 4 is 35.9 Å². The molecule has 0 bridgehead atoms. The van der Waals surface area contributed by atoms with Gasteiger partial charge in [0.25, 0.3) is 0 Å². The van der Waals surface area contributed by atoms with Crippen molar-refractivity contribution in [2.75, 3.05) is 56.5 Å². The molecule has 0 atom stereocenters. The smallest absolute Gasteiger partial charge is 0.407 e. The first kappa shape index (κ1) is 23.9. The molecule has 0 spiro atoms. The summed E-state index contributed by atoms with van der Waals surface area (Å²) in [5.41, 5.74) is 1.38. The molecule has 1 aliphatic rings. The maximum absolute atomic E-state index is 11.4. The summed E-state index contributed by atoms with van der Waals surface area (Å²) < 4.78 is 5.00. The van der Waals surface area contributed by atoms with Crippen molar-refractivity contribution < 1.29 is 9.53 Å². The average molecular weight is 416 g/mol. The van der Waals surface area contributed by atoms with E-state index in [1.54, 1.807) is 0 Å². The molecular formula is C20H34ClN3O2S. The number of nitrogens with zero attached hydrogens (tertiary/aromatic N) is 2. The SMILES string of the molecule is CCCOC(=O)NCCCCN1CCN(c2ccccc2SCC)CC1.Cl. The van der Waals surface area contributed by atoms with Crippen molar-refractivity contribution in [1.29, 1.82) is 0 Å². The van der Waals surface area contributed by atoms with E-state index in [0.29, 0.717) is 13.2 Å². The predicted octanol–water partition coefficient (Wildman–Crippen LogP) is 4.26. The largest absolute Gasteiger partial charge is 0.450 e. The molecule has 0 aromatic heterocycles. The summed E-state index contributed by atoms with van der Waals surface area (Å²) in [5, 5.41) is 2.81. The number of carbonyl (C=O) groups excluding carboxylic acids is 1. The number of para-hydroxylation sites is 1. The minimum atomic E-state index is -0.288. The second-order valence-corrected chi connectivity index (χ2v) is 7.81. The topological polar surface area (TPSA) is 44.8 Å². The van der Waals surface area contributed by atoms with Crippen molar-refractivity contribution in [2.24, 2.45) is 0 Å². The Hall–Kier alpha value is -1.11. The number of alkyl carbamates (subject to hydrolysis) is 1. The average Bonchev–Trinajstić information content (AvgIpc) is 2.67. The molecule has 1 heterocycles. The van der Waals surface area contributed by atoms with E-state index < -0.39 is 0 Å². The molecule has 1 saturated heterocycles. The molecule has 1 fully saturated rings. The third-order valence-electron chi connectivity index (χ3n) is 4.49. The van der Waals surface area contributed by atoms with E-state index in [9.17, 15) is 4.79 Å². The molecule has 5 nitrogen and oxygen atoms in total. The van der Waals surface area contributed by atoms with Crippen LogP contribution in [0.25, 0.3) is 0 Å². The summed E-state index contributed by atoms with van der Waals surface area (Å²) in [4.78, 5) is 17.8. The van der Waals surface area contributed by atoms with Crippen LogP contribution >= 0.6 is 24.2 Å². The fourth-order valence-corrected chi connectivity index (χ4v) is 3.94. The lowest BCUT2D eigenvalue weighted by molar-refractivity contribution is 0.146. The number of halogens is 1. The number of amides is 1. The molecule has 1 N–H and O–H groups in total. The highest BCUT2D eigenvalue weighted by Gasteiger charge is 2.18. The third-order valence-corrected chi connectivity index (χ3v) is 5.43. The van der Waals surface area contributed by atoms with Crippen LogP contribution in [0.3, 0.4) is 0 Å². The lowest BCUT2D eigenvalue weighted by Crippen LogP contribution is -2.46. The Labute approximate surface area is 174 Å². The van der Waals surface area contributed by atoms with Crippen molar-refractivity contribution in [1.82, 2.24) is 10.2 Å². The van der Waals surface area contributed by atoms with Crippen molar-refractivity contribution in [3.05, 3.63) is 24.3 Å². The molecule has 0 saturated carbocycles. The molecule has 0 aliphatic carbocycles. The maximum atomic E-state index is 11.4. The van der Waals surface area contributed by atoms with E-state index in [4.69, 9.17) is 4.74 Å². The van der Waals surface area contributed by atoms with Gasteiger partial charge in [0, 0.05) is 37.6 Å². The van der Waals surface area contributed by atoms with Gasteiger partial charge in [-0.3, -0.25) is 4.90 Å². The van der Waals surface area contributed by atoms with Gasteiger partial charge in [-0.1, -0.05) is 26.0 Å². The molecule has 154 valence electrons. The van der Waals surface area contributed by atoms with Crippen LogP contribution in [0.4, 0.5) is 10.5 Å². The minimum Gasteiger partial charge on any atom is -0.450 e. The van der Waals surface area contributed by atoms with Crippen LogP contribution in [-0.2, 0) is 4.74 Å². The number of unbranched alkanes of at least 4 members (excludes halogenated alkanes) is 1. The predicted molar refractivity (Wildman–Crippen MR) is 118 cm³/mol. The van der Waals surface area contributed by atoms with Crippen molar-refractivity contribution in [2.45, 2.75) is 38.0 Å². The lowest BCUT2D eigenvalue weighted by Gasteiger charge is -2.37. The second kappa shape index (κ2) is 14.0. The standard InChI is InChI=1S/C20H33N3O2S.ClH/c1-3-17-25-20(24)21-11-7-8-12-22-13-15-23(16-14-22)18-9-5-6-10-19(18)26-4-2;/h5-6,9-10H,3-4,7-8,11-17H2,1-2H3,(H,21,24);1H. The third kappa shape index (κ3) is 8.62. The number of benzene rings is 1. The van der Waals surface area contributed by atoms with Crippen LogP contribution in [0, 0.1) is 0 Å². The highest BCUT2D eigenvalue weighted by atomic mass is 35.5. The number of piperazine rings is 1. The normalized spacial score (nSPS) is 14.5. The molecule has 0 radical (unpaired) electrons. The van der Waals surface area contributed by atoms with Crippen LogP contribution in [0.1, 0.15) is 33.1 Å². The molecule has 7 heteroatoms. The number of thioether (sulfide) groups is 1. The van der Waals surface area contributed by atoms with Gasteiger partial charge in [-0.25, -0.2) is 4.79 Å². The molecule has 0 unspecified atom stereocenters. The van der Waals surface area contributed by atoms with E-state index in [0.717, 1.165) is 57.7 Å². The van der Waals surface area contributed by atoms with E-state index in [-0.39, 0.29) is 18.5 Å². The number of hydrogen-bond donors (Lipinski definition) is 1. The van der Waals surface area contributed by atoms with E-state index in [1.165, 1.54) is 10.6 Å². The van der Waals surface area contributed by atoms with Gasteiger partial charge < -0.3 is 15.0 Å². The number of nitrogens with one attached hydrogen (secondary N) is 1. The summed E-state index contributed by atoms with van der Waals surface area (Å²) in [7, 11) is 0. The number of anilines is 1. The highest BCUT2D eigenvalue weighted by Crippen LogP contribution is 2.30. The van der Waals surface area contributed by atoms with Crippen LogP contribution in [0.5, 0.6) is 0 Å². The maximum Gasteiger partial charge on any atom is 0.407 e. The van der Waals surface area contributed by atoms with E-state index >= 15 is 0 Å². The van der Waals surface area contributed by atoms with Crippen molar-refractivity contribution in [3.63, 3.8) is 0 Å². The minimum absolute atomic E-state index is 0. The molecular weight excluding hydrogens is 382 g/mol. The van der Waals surface area contributed by atoms with Gasteiger partial charge in [-0.05, 0) is 43.7 Å². The van der Waals surface area contributed by atoms with Gasteiger partial charge in [0.1, 0.15) is 0 Å². The molecule has 27 heavy (non-hydrogen) atoms. The summed E-state index contributed by atoms with van der Waals surface area (Å²) in [6.07, 6.45) is 2.68. The Bertz CT molecular complexity index is 540. The molecule has 1 aromatic carbocycles. The van der Waals surface area contributed by atoms with Gasteiger partial charge in [0.2, 0.25) is 0 Å². The summed E-state index contributed by atoms with van der Waals surface area (Å²) in [6.45, 7) is 10.9. The number of ether oxygens (including phenoxy) is 1. The first-order chi connectivity index (χ1) is 12.7. The quantitative estimate of drug-likeness (QED) is 0.457. The Kier molecular flexibility index (Phi) is 12.4. The molecule has 1 aliphatic heterocycles. The van der Waals surface area contributed by atoms with Crippen LogP contribution < -0.4 is 10.2 Å². The highest BCUT2D eigenvalue weighted by molar-refractivity contribution is 7.99. The zero-order valence-corrected chi connectivity index (χ0v) is 18.2. The Morgan fingerprint density at radius 1 is 1.15 bits per heavy atom. The fraction of sp³-hybridized carbons (Fsp3) is 0.650. The zero-order chi connectivity index (χ0) is 18.6. The second-order valence-electron chi connectivity index (χ2n) is 6.50. The Morgan fingerprint density at radius 3 is 2.59 bits per heavy atom. The summed E-state index contributed by atoms with van der Waals surface area (Å²) in [5.74, 6) is 1.11. The van der Waals surface area contributed by atoms with Gasteiger partial charge in [-0.2, -0.15) is 0 Å². The summed E-state index contributed by atoms with van der Waals surface area (Å²) in [6, 6.07) is 8.75. The first-order valence-corrected chi connectivity index (χ1v) is 10.8.